The van der Waals surface area contributed by atoms with Crippen LogP contribution in [0.2, 0.25) is 5.02 Å². The topological polar surface area (TPSA) is 50.4 Å². The Morgan fingerprint density at radius 2 is 1.77 bits per heavy atom. The van der Waals surface area contributed by atoms with Gasteiger partial charge in [0, 0.05) is 30.2 Å². The molecule has 1 saturated heterocycles. The minimum atomic E-state index is -0.278. The van der Waals surface area contributed by atoms with E-state index in [4.69, 9.17) is 16.3 Å². The van der Waals surface area contributed by atoms with E-state index < -0.39 is 0 Å². The predicted molar refractivity (Wildman–Crippen MR) is 123 cm³/mol. The fraction of sp³-hybridized carbons (Fsp3) is 0.480. The second kappa shape index (κ2) is 10.9. The van der Waals surface area contributed by atoms with Gasteiger partial charge in [0.2, 0.25) is 5.91 Å². The zero-order chi connectivity index (χ0) is 21.4. The maximum absolute atomic E-state index is 12.9. The first-order valence-electron chi connectivity index (χ1n) is 11.0. The van der Waals surface area contributed by atoms with Gasteiger partial charge in [-0.15, -0.1) is 0 Å². The maximum atomic E-state index is 12.9. The smallest absolute Gasteiger partial charge is 0.237 e. The number of rotatable bonds is 9. The molecule has 5 heteroatoms. The Morgan fingerprint density at radius 3 is 2.40 bits per heavy atom. The first-order chi connectivity index (χ1) is 14.5. The number of hydrogen-bond donors (Lipinski definition) is 2. The second-order valence-corrected chi connectivity index (χ2v) is 8.70. The third-order valence-corrected chi connectivity index (χ3v) is 6.39. The lowest BCUT2D eigenvalue weighted by atomic mass is 9.74. The molecule has 0 bridgehead atoms. The molecular weight excluding hydrogens is 396 g/mol. The molecule has 1 heterocycles. The molecule has 162 valence electrons. The van der Waals surface area contributed by atoms with Crippen LogP contribution in [0, 0.1) is 0 Å². The van der Waals surface area contributed by atoms with Gasteiger partial charge in [-0.25, -0.2) is 0 Å². The Labute approximate surface area is 185 Å². The Morgan fingerprint density at radius 1 is 1.10 bits per heavy atom. The van der Waals surface area contributed by atoms with E-state index in [1.54, 1.807) is 0 Å². The predicted octanol–water partition coefficient (Wildman–Crippen LogP) is 5.02. The van der Waals surface area contributed by atoms with Crippen molar-refractivity contribution in [1.82, 2.24) is 10.6 Å². The number of nitrogens with one attached hydrogen (secondary N) is 2. The summed E-state index contributed by atoms with van der Waals surface area (Å²) in [5.41, 5.74) is 2.37. The number of hydrogen-bond acceptors (Lipinski definition) is 3. The molecule has 1 aliphatic rings. The fourth-order valence-electron chi connectivity index (χ4n) is 4.17. The first kappa shape index (κ1) is 22.8. The number of carbonyl (C=O) groups excluding carboxylic acids is 1. The number of halogens is 1. The molecule has 1 fully saturated rings. The van der Waals surface area contributed by atoms with Crippen molar-refractivity contribution in [2.24, 2.45) is 0 Å². The van der Waals surface area contributed by atoms with Crippen LogP contribution in [0.1, 0.15) is 56.7 Å². The summed E-state index contributed by atoms with van der Waals surface area (Å²) in [5, 5.41) is 7.48. The molecule has 0 spiro atoms. The summed E-state index contributed by atoms with van der Waals surface area (Å²) in [6.07, 6.45) is 3.80. The highest BCUT2D eigenvalue weighted by atomic mass is 35.5. The highest BCUT2D eigenvalue weighted by Crippen LogP contribution is 2.35. The van der Waals surface area contributed by atoms with Crippen LogP contribution in [-0.2, 0) is 14.9 Å². The SMILES string of the molecule is CCCC(NC(=O)C(C)NCC1(c2ccc(Cl)cc2)CCOCC1)c1ccccc1. The number of benzene rings is 2. The van der Waals surface area contributed by atoms with Crippen LogP contribution >= 0.6 is 11.6 Å². The minimum Gasteiger partial charge on any atom is -0.381 e. The molecule has 1 amide bonds. The Hall–Kier alpha value is -1.88. The third-order valence-electron chi connectivity index (χ3n) is 6.14. The van der Waals surface area contributed by atoms with E-state index in [0.717, 1.165) is 56.0 Å². The van der Waals surface area contributed by atoms with E-state index in [0.29, 0.717) is 0 Å². The summed E-state index contributed by atoms with van der Waals surface area (Å²) < 4.78 is 5.62. The van der Waals surface area contributed by atoms with Crippen molar-refractivity contribution < 1.29 is 9.53 Å². The van der Waals surface area contributed by atoms with Crippen LogP contribution in [0.3, 0.4) is 0 Å². The molecule has 2 unspecified atom stereocenters. The van der Waals surface area contributed by atoms with E-state index in [-0.39, 0.29) is 23.4 Å². The lowest BCUT2D eigenvalue weighted by molar-refractivity contribution is -0.123. The summed E-state index contributed by atoms with van der Waals surface area (Å²) in [7, 11) is 0. The number of carbonyl (C=O) groups is 1. The monoisotopic (exact) mass is 428 g/mol. The van der Waals surface area contributed by atoms with Crippen molar-refractivity contribution in [2.45, 2.75) is 57.0 Å². The van der Waals surface area contributed by atoms with Gasteiger partial charge in [0.25, 0.3) is 0 Å². The molecule has 2 N–H and O–H groups in total. The highest BCUT2D eigenvalue weighted by Gasteiger charge is 2.35. The summed E-state index contributed by atoms with van der Waals surface area (Å²) in [4.78, 5) is 12.9. The zero-order valence-electron chi connectivity index (χ0n) is 18.0. The van der Waals surface area contributed by atoms with Crippen molar-refractivity contribution in [3.05, 3.63) is 70.7 Å². The van der Waals surface area contributed by atoms with Crippen LogP contribution in [-0.4, -0.2) is 31.7 Å². The number of ether oxygens (including phenoxy) is 1. The van der Waals surface area contributed by atoms with Crippen LogP contribution in [0.15, 0.2) is 54.6 Å². The second-order valence-electron chi connectivity index (χ2n) is 8.26. The summed E-state index contributed by atoms with van der Waals surface area (Å²) in [6.45, 7) is 6.29. The molecule has 2 atom stereocenters. The quantitative estimate of drug-likeness (QED) is 0.589. The van der Waals surface area contributed by atoms with Crippen molar-refractivity contribution in [3.8, 4) is 0 Å². The lowest BCUT2D eigenvalue weighted by Crippen LogP contribution is -2.50. The molecule has 3 rings (SSSR count). The standard InChI is InChI=1S/C25H33ClN2O2/c1-3-7-23(20-8-5-4-6-9-20)28-24(29)19(2)27-18-25(14-16-30-17-15-25)21-10-12-22(26)13-11-21/h4-6,8-13,19,23,27H,3,7,14-18H2,1-2H3,(H,28,29). The van der Waals surface area contributed by atoms with Crippen molar-refractivity contribution in [2.75, 3.05) is 19.8 Å². The molecule has 2 aromatic rings. The van der Waals surface area contributed by atoms with E-state index in [1.165, 1.54) is 5.56 Å². The Balaban J connectivity index is 1.65. The summed E-state index contributed by atoms with van der Waals surface area (Å²) in [6, 6.07) is 18.1. The first-order valence-corrected chi connectivity index (χ1v) is 11.3. The van der Waals surface area contributed by atoms with E-state index in [9.17, 15) is 4.79 Å². The zero-order valence-corrected chi connectivity index (χ0v) is 18.8. The van der Waals surface area contributed by atoms with Crippen molar-refractivity contribution >= 4 is 17.5 Å². The van der Waals surface area contributed by atoms with Gasteiger partial charge >= 0.3 is 0 Å². The van der Waals surface area contributed by atoms with Gasteiger partial charge in [-0.3, -0.25) is 4.79 Å². The average Bonchev–Trinajstić information content (AvgIpc) is 2.78. The van der Waals surface area contributed by atoms with Crippen LogP contribution in [0.4, 0.5) is 0 Å². The minimum absolute atomic E-state index is 0.0376. The molecular formula is C25H33ClN2O2. The van der Waals surface area contributed by atoms with Crippen molar-refractivity contribution in [3.63, 3.8) is 0 Å². The lowest BCUT2D eigenvalue weighted by Gasteiger charge is -2.39. The number of amides is 1. The molecule has 0 aromatic heterocycles. The van der Waals surface area contributed by atoms with Gasteiger partial charge in [-0.2, -0.15) is 0 Å². The van der Waals surface area contributed by atoms with E-state index in [2.05, 4.69) is 41.8 Å². The largest absolute Gasteiger partial charge is 0.381 e. The maximum Gasteiger partial charge on any atom is 0.237 e. The van der Waals surface area contributed by atoms with Gasteiger partial charge in [-0.05, 0) is 49.4 Å². The van der Waals surface area contributed by atoms with Crippen LogP contribution in [0.25, 0.3) is 0 Å². The van der Waals surface area contributed by atoms with Crippen molar-refractivity contribution in [1.29, 1.82) is 0 Å². The summed E-state index contributed by atoms with van der Waals surface area (Å²) in [5.74, 6) is 0.0376. The Kier molecular flexibility index (Phi) is 8.32. The summed E-state index contributed by atoms with van der Waals surface area (Å²) >= 11 is 6.10. The molecule has 0 aliphatic carbocycles. The van der Waals surface area contributed by atoms with Gasteiger partial charge in [-0.1, -0.05) is 67.4 Å². The molecule has 1 aliphatic heterocycles. The average molecular weight is 429 g/mol. The van der Waals surface area contributed by atoms with Gasteiger partial charge in [0.15, 0.2) is 0 Å². The molecule has 0 radical (unpaired) electrons. The van der Waals surface area contributed by atoms with E-state index >= 15 is 0 Å². The molecule has 2 aromatic carbocycles. The van der Waals surface area contributed by atoms with Crippen LogP contribution in [0.5, 0.6) is 0 Å². The van der Waals surface area contributed by atoms with Gasteiger partial charge in [0.1, 0.15) is 0 Å². The third kappa shape index (κ3) is 5.84. The molecule has 0 saturated carbocycles. The highest BCUT2D eigenvalue weighted by molar-refractivity contribution is 6.30. The van der Waals surface area contributed by atoms with Crippen LogP contribution < -0.4 is 10.6 Å². The van der Waals surface area contributed by atoms with E-state index in [1.807, 2.05) is 37.3 Å². The normalized spacial score (nSPS) is 17.8. The fourth-order valence-corrected chi connectivity index (χ4v) is 4.29. The van der Waals surface area contributed by atoms with Gasteiger partial charge < -0.3 is 15.4 Å². The molecule has 4 nitrogen and oxygen atoms in total. The van der Waals surface area contributed by atoms with Gasteiger partial charge in [0.05, 0.1) is 12.1 Å². The Bertz CT molecular complexity index is 789. The molecule has 30 heavy (non-hydrogen) atoms.